The normalized spacial score (nSPS) is 12.8. The Morgan fingerprint density at radius 3 is 2.85 bits per heavy atom. The lowest BCUT2D eigenvalue weighted by atomic mass is 10.2. The molecule has 0 aliphatic heterocycles. The molecule has 1 aromatic rings. The largest absolute Gasteiger partial charge is 0.297 e. The summed E-state index contributed by atoms with van der Waals surface area (Å²) in [5.41, 5.74) is 0. The second-order valence-corrected chi connectivity index (χ2v) is 4.36. The monoisotopic (exact) mass is 194 g/mol. The van der Waals surface area contributed by atoms with E-state index in [0.717, 1.165) is 11.4 Å². The molecule has 1 rings (SSSR count). The van der Waals surface area contributed by atoms with Gasteiger partial charge in [-0.1, -0.05) is 19.9 Å². The first-order chi connectivity index (χ1) is 6.24. The average Bonchev–Trinajstić information content (AvgIpc) is 2.58. The Labute approximate surface area is 83.2 Å². The zero-order valence-corrected chi connectivity index (χ0v) is 8.77. The van der Waals surface area contributed by atoms with Crippen LogP contribution in [0.2, 0.25) is 0 Å². The molecule has 1 aromatic heterocycles. The molecule has 1 atom stereocenters. The molecule has 13 heavy (non-hydrogen) atoms. The van der Waals surface area contributed by atoms with Crippen LogP contribution in [-0.4, -0.2) is 6.54 Å². The number of rotatable bonds is 4. The maximum Gasteiger partial charge on any atom is 0.130 e. The van der Waals surface area contributed by atoms with E-state index < -0.39 is 0 Å². The van der Waals surface area contributed by atoms with Gasteiger partial charge in [-0.05, 0) is 23.9 Å². The van der Waals surface area contributed by atoms with E-state index in [1.165, 1.54) is 0 Å². The third-order valence-electron chi connectivity index (χ3n) is 1.69. The van der Waals surface area contributed by atoms with E-state index >= 15 is 0 Å². The molecule has 2 nitrogen and oxygen atoms in total. The number of thiophene rings is 1. The van der Waals surface area contributed by atoms with E-state index in [-0.39, 0.29) is 6.04 Å². The van der Waals surface area contributed by atoms with Crippen molar-refractivity contribution in [3.05, 3.63) is 22.4 Å². The third-order valence-corrected chi connectivity index (χ3v) is 2.62. The lowest BCUT2D eigenvalue weighted by Gasteiger charge is -2.11. The molecule has 0 bridgehead atoms. The number of nitriles is 1. The fourth-order valence-corrected chi connectivity index (χ4v) is 1.76. The summed E-state index contributed by atoms with van der Waals surface area (Å²) in [5, 5.41) is 14.1. The molecule has 0 spiro atoms. The Hall–Kier alpha value is -0.850. The van der Waals surface area contributed by atoms with Crippen LogP contribution in [-0.2, 0) is 0 Å². The highest BCUT2D eigenvalue weighted by Gasteiger charge is 2.10. The van der Waals surface area contributed by atoms with Gasteiger partial charge in [-0.15, -0.1) is 11.3 Å². The number of hydrogen-bond donors (Lipinski definition) is 1. The summed E-state index contributed by atoms with van der Waals surface area (Å²) in [6, 6.07) is 6.09. The first-order valence-corrected chi connectivity index (χ1v) is 5.28. The van der Waals surface area contributed by atoms with Gasteiger partial charge in [0.2, 0.25) is 0 Å². The molecule has 0 radical (unpaired) electrons. The van der Waals surface area contributed by atoms with Gasteiger partial charge in [0.05, 0.1) is 6.07 Å². The van der Waals surface area contributed by atoms with Gasteiger partial charge in [-0.3, -0.25) is 5.32 Å². The summed E-state index contributed by atoms with van der Waals surface area (Å²) in [6.45, 7) is 5.15. The van der Waals surface area contributed by atoms with Crippen LogP contribution in [0.3, 0.4) is 0 Å². The smallest absolute Gasteiger partial charge is 0.130 e. The molecule has 0 saturated carbocycles. The lowest BCUT2D eigenvalue weighted by molar-refractivity contribution is 0.528. The molecule has 0 aliphatic carbocycles. The molecular weight excluding hydrogens is 180 g/mol. The van der Waals surface area contributed by atoms with Crippen molar-refractivity contribution in [1.82, 2.24) is 5.32 Å². The molecule has 0 saturated heterocycles. The van der Waals surface area contributed by atoms with E-state index in [1.807, 2.05) is 17.5 Å². The van der Waals surface area contributed by atoms with Crippen molar-refractivity contribution in [2.24, 2.45) is 5.92 Å². The first-order valence-electron chi connectivity index (χ1n) is 4.40. The summed E-state index contributed by atoms with van der Waals surface area (Å²) in [7, 11) is 0. The molecule has 0 fully saturated rings. The Kier molecular flexibility index (Phi) is 3.94. The summed E-state index contributed by atoms with van der Waals surface area (Å²) < 4.78 is 0. The van der Waals surface area contributed by atoms with Crippen molar-refractivity contribution in [2.45, 2.75) is 19.9 Å². The fraction of sp³-hybridized carbons (Fsp3) is 0.500. The Bertz CT molecular complexity index is 272. The van der Waals surface area contributed by atoms with E-state index in [0.29, 0.717) is 5.92 Å². The molecule has 0 aromatic carbocycles. The summed E-state index contributed by atoms with van der Waals surface area (Å²) in [4.78, 5) is 1.10. The highest BCUT2D eigenvalue weighted by Crippen LogP contribution is 2.17. The molecular formula is C10H14N2S. The second kappa shape index (κ2) is 5.00. The minimum Gasteiger partial charge on any atom is -0.297 e. The SMILES string of the molecule is CC(C)CNC(C#N)c1cccs1. The van der Waals surface area contributed by atoms with Crippen LogP contribution in [0.15, 0.2) is 17.5 Å². The molecule has 1 heterocycles. The van der Waals surface area contributed by atoms with E-state index in [9.17, 15) is 0 Å². The maximum atomic E-state index is 8.90. The van der Waals surface area contributed by atoms with Crippen molar-refractivity contribution < 1.29 is 0 Å². The van der Waals surface area contributed by atoms with Crippen LogP contribution in [0.4, 0.5) is 0 Å². The van der Waals surface area contributed by atoms with Crippen molar-refractivity contribution in [1.29, 1.82) is 5.26 Å². The van der Waals surface area contributed by atoms with E-state index in [1.54, 1.807) is 11.3 Å². The zero-order valence-electron chi connectivity index (χ0n) is 7.95. The van der Waals surface area contributed by atoms with Gasteiger partial charge in [0.15, 0.2) is 0 Å². The minimum atomic E-state index is -0.137. The van der Waals surface area contributed by atoms with Crippen LogP contribution in [0, 0.1) is 17.2 Å². The minimum absolute atomic E-state index is 0.137. The van der Waals surface area contributed by atoms with Crippen LogP contribution < -0.4 is 5.32 Å². The third kappa shape index (κ3) is 3.17. The lowest BCUT2D eigenvalue weighted by Crippen LogP contribution is -2.23. The number of nitrogens with one attached hydrogen (secondary N) is 1. The quantitative estimate of drug-likeness (QED) is 0.799. The summed E-state index contributed by atoms with van der Waals surface area (Å²) >= 11 is 1.62. The number of nitrogens with zero attached hydrogens (tertiary/aromatic N) is 1. The van der Waals surface area contributed by atoms with Gasteiger partial charge < -0.3 is 0 Å². The fourth-order valence-electron chi connectivity index (χ4n) is 1.02. The van der Waals surface area contributed by atoms with Crippen molar-refractivity contribution in [2.75, 3.05) is 6.54 Å². The standard InChI is InChI=1S/C10H14N2S/c1-8(2)7-12-9(6-11)10-4-3-5-13-10/h3-5,8-9,12H,7H2,1-2H3. The van der Waals surface area contributed by atoms with Crippen molar-refractivity contribution >= 4 is 11.3 Å². The van der Waals surface area contributed by atoms with Crippen molar-refractivity contribution in [3.8, 4) is 6.07 Å². The highest BCUT2D eigenvalue weighted by molar-refractivity contribution is 7.10. The van der Waals surface area contributed by atoms with Crippen LogP contribution >= 0.6 is 11.3 Å². The Balaban J connectivity index is 2.51. The van der Waals surface area contributed by atoms with Crippen LogP contribution in [0.25, 0.3) is 0 Å². The van der Waals surface area contributed by atoms with Gasteiger partial charge >= 0.3 is 0 Å². The van der Waals surface area contributed by atoms with Crippen LogP contribution in [0.1, 0.15) is 24.8 Å². The first kappa shape index (κ1) is 10.2. The Morgan fingerprint density at radius 2 is 2.38 bits per heavy atom. The summed E-state index contributed by atoms with van der Waals surface area (Å²) in [5.74, 6) is 0.579. The molecule has 1 N–H and O–H groups in total. The van der Waals surface area contributed by atoms with Gasteiger partial charge in [-0.2, -0.15) is 5.26 Å². The molecule has 3 heteroatoms. The molecule has 0 aliphatic rings. The molecule has 1 unspecified atom stereocenters. The van der Waals surface area contributed by atoms with Crippen molar-refractivity contribution in [3.63, 3.8) is 0 Å². The second-order valence-electron chi connectivity index (χ2n) is 3.38. The molecule has 70 valence electrons. The zero-order chi connectivity index (χ0) is 9.68. The van der Waals surface area contributed by atoms with Gasteiger partial charge in [0.25, 0.3) is 0 Å². The van der Waals surface area contributed by atoms with Crippen LogP contribution in [0.5, 0.6) is 0 Å². The predicted octanol–water partition coefficient (Wildman–Crippen LogP) is 2.56. The number of hydrogen-bond acceptors (Lipinski definition) is 3. The highest BCUT2D eigenvalue weighted by atomic mass is 32.1. The van der Waals surface area contributed by atoms with Gasteiger partial charge in [-0.25, -0.2) is 0 Å². The maximum absolute atomic E-state index is 8.90. The van der Waals surface area contributed by atoms with E-state index in [4.69, 9.17) is 5.26 Å². The van der Waals surface area contributed by atoms with Gasteiger partial charge in [0, 0.05) is 4.88 Å². The predicted molar refractivity (Wildman–Crippen MR) is 55.5 cm³/mol. The Morgan fingerprint density at radius 1 is 1.62 bits per heavy atom. The van der Waals surface area contributed by atoms with E-state index in [2.05, 4.69) is 25.2 Å². The van der Waals surface area contributed by atoms with Gasteiger partial charge in [0.1, 0.15) is 6.04 Å². The average molecular weight is 194 g/mol. The molecule has 0 amide bonds. The summed E-state index contributed by atoms with van der Waals surface area (Å²) in [6.07, 6.45) is 0. The topological polar surface area (TPSA) is 35.8 Å².